The third kappa shape index (κ3) is 1.42. The van der Waals surface area contributed by atoms with Crippen LogP contribution in [0.3, 0.4) is 0 Å². The lowest BCUT2D eigenvalue weighted by Gasteiger charge is -2.27. The molecule has 14 heavy (non-hydrogen) atoms. The molecule has 0 aromatic heterocycles. The third-order valence-electron chi connectivity index (χ3n) is 2.32. The van der Waals surface area contributed by atoms with Crippen LogP contribution >= 0.6 is 15.9 Å². The molecule has 1 aromatic carbocycles. The highest BCUT2D eigenvalue weighted by atomic mass is 79.9. The van der Waals surface area contributed by atoms with E-state index >= 15 is 0 Å². The van der Waals surface area contributed by atoms with Gasteiger partial charge in [0.1, 0.15) is 12.5 Å². The Kier molecular flexibility index (Phi) is 2.50. The van der Waals surface area contributed by atoms with Crippen LogP contribution in [0.15, 0.2) is 41.3 Å². The van der Waals surface area contributed by atoms with E-state index < -0.39 is 5.79 Å². The highest BCUT2D eigenvalue weighted by Gasteiger charge is 2.37. The predicted octanol–water partition coefficient (Wildman–Crippen LogP) is 3.53. The standard InChI is InChI=1S/C11H11BrO2/c1-2-11(13-7-8-14-11)9-5-3-4-6-10(9)12/h3-8H,2H2,1H3. The molecule has 0 bridgehead atoms. The first-order valence-electron chi connectivity index (χ1n) is 4.54. The van der Waals surface area contributed by atoms with Crippen molar-refractivity contribution in [2.45, 2.75) is 19.1 Å². The van der Waals surface area contributed by atoms with Crippen LogP contribution in [0.5, 0.6) is 0 Å². The fourth-order valence-corrected chi connectivity index (χ4v) is 2.14. The van der Waals surface area contributed by atoms with E-state index in [1.807, 2.05) is 31.2 Å². The molecule has 0 unspecified atom stereocenters. The SMILES string of the molecule is CCC1(c2ccccc2Br)OC=CO1. The topological polar surface area (TPSA) is 18.5 Å². The fourth-order valence-electron chi connectivity index (χ4n) is 1.56. The van der Waals surface area contributed by atoms with E-state index in [9.17, 15) is 0 Å². The van der Waals surface area contributed by atoms with Crippen molar-refractivity contribution in [3.63, 3.8) is 0 Å². The molecule has 1 aliphatic rings. The summed E-state index contributed by atoms with van der Waals surface area (Å²) in [5, 5.41) is 0. The van der Waals surface area contributed by atoms with Crippen LogP contribution in [-0.4, -0.2) is 0 Å². The molecule has 0 amide bonds. The zero-order valence-electron chi connectivity index (χ0n) is 7.87. The van der Waals surface area contributed by atoms with E-state index in [0.29, 0.717) is 0 Å². The maximum absolute atomic E-state index is 5.52. The first-order chi connectivity index (χ1) is 6.78. The minimum absolute atomic E-state index is 0.639. The van der Waals surface area contributed by atoms with Crippen LogP contribution in [0.1, 0.15) is 18.9 Å². The summed E-state index contributed by atoms with van der Waals surface area (Å²) in [5.74, 6) is -0.639. The summed E-state index contributed by atoms with van der Waals surface area (Å²) in [5.41, 5.74) is 1.02. The number of rotatable bonds is 2. The minimum Gasteiger partial charge on any atom is -0.453 e. The quantitative estimate of drug-likeness (QED) is 0.804. The lowest BCUT2D eigenvalue weighted by Crippen LogP contribution is -2.26. The second-order valence-corrected chi connectivity index (χ2v) is 3.95. The fraction of sp³-hybridized carbons (Fsp3) is 0.273. The summed E-state index contributed by atoms with van der Waals surface area (Å²) in [7, 11) is 0. The van der Waals surface area contributed by atoms with Crippen LogP contribution in [0.25, 0.3) is 0 Å². The van der Waals surface area contributed by atoms with E-state index in [2.05, 4.69) is 15.9 Å². The molecule has 0 saturated carbocycles. The number of hydrogen-bond acceptors (Lipinski definition) is 2. The first-order valence-corrected chi connectivity index (χ1v) is 5.33. The molecule has 0 atom stereocenters. The minimum atomic E-state index is -0.639. The molecule has 1 aliphatic heterocycles. The van der Waals surface area contributed by atoms with Crippen LogP contribution in [-0.2, 0) is 15.3 Å². The van der Waals surface area contributed by atoms with Gasteiger partial charge < -0.3 is 9.47 Å². The predicted molar refractivity (Wildman–Crippen MR) is 57.4 cm³/mol. The Morgan fingerprint density at radius 1 is 1.21 bits per heavy atom. The molecule has 1 heterocycles. The molecule has 3 heteroatoms. The van der Waals surface area contributed by atoms with Gasteiger partial charge in [0.25, 0.3) is 5.79 Å². The largest absolute Gasteiger partial charge is 0.453 e. The summed E-state index contributed by atoms with van der Waals surface area (Å²) >= 11 is 3.49. The third-order valence-corrected chi connectivity index (χ3v) is 3.01. The zero-order chi connectivity index (χ0) is 10.0. The van der Waals surface area contributed by atoms with Gasteiger partial charge in [0.2, 0.25) is 0 Å². The lowest BCUT2D eigenvalue weighted by molar-refractivity contribution is -0.152. The molecular formula is C11H11BrO2. The van der Waals surface area contributed by atoms with E-state index in [-0.39, 0.29) is 0 Å². The molecule has 0 N–H and O–H groups in total. The maximum Gasteiger partial charge on any atom is 0.277 e. The molecule has 0 radical (unpaired) electrons. The van der Waals surface area contributed by atoms with Crippen molar-refractivity contribution in [1.29, 1.82) is 0 Å². The zero-order valence-corrected chi connectivity index (χ0v) is 9.45. The lowest BCUT2D eigenvalue weighted by atomic mass is 10.0. The number of benzene rings is 1. The Morgan fingerprint density at radius 3 is 2.43 bits per heavy atom. The monoisotopic (exact) mass is 254 g/mol. The maximum atomic E-state index is 5.52. The van der Waals surface area contributed by atoms with Crippen LogP contribution < -0.4 is 0 Å². The van der Waals surface area contributed by atoms with Crippen molar-refractivity contribution in [1.82, 2.24) is 0 Å². The molecule has 0 fully saturated rings. The normalized spacial score (nSPS) is 17.6. The second kappa shape index (κ2) is 3.65. The average molecular weight is 255 g/mol. The Hall–Kier alpha value is -0.960. The molecule has 0 spiro atoms. The van der Waals surface area contributed by atoms with E-state index in [0.717, 1.165) is 16.5 Å². The molecule has 74 valence electrons. The van der Waals surface area contributed by atoms with Crippen molar-refractivity contribution in [2.75, 3.05) is 0 Å². The van der Waals surface area contributed by atoms with Crippen LogP contribution in [0, 0.1) is 0 Å². The van der Waals surface area contributed by atoms with Crippen molar-refractivity contribution in [3.8, 4) is 0 Å². The molecule has 2 rings (SSSR count). The Balaban J connectivity index is 2.42. The van der Waals surface area contributed by atoms with E-state index in [4.69, 9.17) is 9.47 Å². The number of ether oxygens (including phenoxy) is 2. The molecule has 1 aromatic rings. The molecule has 2 nitrogen and oxygen atoms in total. The van der Waals surface area contributed by atoms with Gasteiger partial charge in [-0.05, 0) is 6.07 Å². The second-order valence-electron chi connectivity index (χ2n) is 3.09. The van der Waals surface area contributed by atoms with Gasteiger partial charge in [0.15, 0.2) is 0 Å². The van der Waals surface area contributed by atoms with Crippen molar-refractivity contribution in [3.05, 3.63) is 46.8 Å². The number of halogens is 1. The van der Waals surface area contributed by atoms with Gasteiger partial charge in [-0.15, -0.1) is 0 Å². The van der Waals surface area contributed by atoms with E-state index in [1.165, 1.54) is 0 Å². The smallest absolute Gasteiger partial charge is 0.277 e. The van der Waals surface area contributed by atoms with Gasteiger partial charge in [0, 0.05) is 10.9 Å². The van der Waals surface area contributed by atoms with Crippen LogP contribution in [0.4, 0.5) is 0 Å². The van der Waals surface area contributed by atoms with Crippen molar-refractivity contribution >= 4 is 15.9 Å². The Labute approximate surface area is 91.7 Å². The Bertz CT molecular complexity index is 352. The van der Waals surface area contributed by atoms with Crippen LogP contribution in [0.2, 0.25) is 0 Å². The van der Waals surface area contributed by atoms with E-state index in [1.54, 1.807) is 12.5 Å². The summed E-state index contributed by atoms with van der Waals surface area (Å²) in [6, 6.07) is 7.93. The highest BCUT2D eigenvalue weighted by Crippen LogP contribution is 2.38. The van der Waals surface area contributed by atoms with Crippen molar-refractivity contribution in [2.24, 2.45) is 0 Å². The molecule has 0 aliphatic carbocycles. The van der Waals surface area contributed by atoms with Gasteiger partial charge in [-0.1, -0.05) is 41.1 Å². The van der Waals surface area contributed by atoms with Gasteiger partial charge in [0.05, 0.1) is 5.56 Å². The van der Waals surface area contributed by atoms with Gasteiger partial charge in [-0.25, -0.2) is 0 Å². The van der Waals surface area contributed by atoms with Gasteiger partial charge in [-0.3, -0.25) is 0 Å². The highest BCUT2D eigenvalue weighted by molar-refractivity contribution is 9.10. The summed E-state index contributed by atoms with van der Waals surface area (Å²) < 4.78 is 12.1. The van der Waals surface area contributed by atoms with Crippen molar-refractivity contribution < 1.29 is 9.47 Å². The van der Waals surface area contributed by atoms with Gasteiger partial charge in [-0.2, -0.15) is 0 Å². The molecule has 0 saturated heterocycles. The summed E-state index contributed by atoms with van der Waals surface area (Å²) in [4.78, 5) is 0. The molecular weight excluding hydrogens is 244 g/mol. The summed E-state index contributed by atoms with van der Waals surface area (Å²) in [6.07, 6.45) is 3.94. The average Bonchev–Trinajstić information content (AvgIpc) is 2.68. The first kappa shape index (κ1) is 9.59. The van der Waals surface area contributed by atoms with Gasteiger partial charge >= 0.3 is 0 Å². The Morgan fingerprint density at radius 2 is 1.86 bits per heavy atom. The number of hydrogen-bond donors (Lipinski definition) is 0. The summed E-state index contributed by atoms with van der Waals surface area (Å²) in [6.45, 7) is 2.03.